The zero-order valence-electron chi connectivity index (χ0n) is 17.0. The summed E-state index contributed by atoms with van der Waals surface area (Å²) in [7, 11) is -1.27. The average Bonchev–Trinajstić information content (AvgIpc) is 3.12. The molecule has 32 heavy (non-hydrogen) atoms. The largest absolute Gasteiger partial charge is 0.398 e. The first-order chi connectivity index (χ1) is 15.1. The zero-order valence-corrected chi connectivity index (χ0v) is 18.6. The smallest absolute Gasteiger partial charge is 0.345 e. The SMILES string of the molecule is COC(O)C1=CC(c2ccc3c(c2)ncn3C)=NS(=O)(=O)N1Cc1cc(F)c(Cl)cc1N. The molecule has 9 nitrogen and oxygen atoms in total. The van der Waals surface area contributed by atoms with Crippen LogP contribution in [0, 0.1) is 5.82 Å². The van der Waals surface area contributed by atoms with Crippen LogP contribution in [-0.4, -0.2) is 46.5 Å². The third-order valence-electron chi connectivity index (χ3n) is 5.06. The minimum absolute atomic E-state index is 0.0910. The molecule has 2 aromatic carbocycles. The number of halogens is 2. The number of nitrogens with two attached hydrogens (primary N) is 1. The Morgan fingerprint density at radius 1 is 1.31 bits per heavy atom. The number of fused-ring (bicyclic) bond motifs is 1. The molecule has 1 unspecified atom stereocenters. The van der Waals surface area contributed by atoms with Gasteiger partial charge in [0, 0.05) is 25.4 Å². The molecule has 0 radical (unpaired) electrons. The quantitative estimate of drug-likeness (QED) is 0.427. The van der Waals surface area contributed by atoms with Crippen molar-refractivity contribution in [2.45, 2.75) is 12.8 Å². The first-order valence-electron chi connectivity index (χ1n) is 9.30. The Bertz CT molecular complexity index is 1390. The number of aliphatic hydroxyl groups excluding tert-OH is 1. The number of ether oxygens (including phenoxy) is 1. The monoisotopic (exact) mass is 479 g/mol. The number of rotatable bonds is 5. The van der Waals surface area contributed by atoms with Crippen LogP contribution >= 0.6 is 11.6 Å². The van der Waals surface area contributed by atoms with Crippen molar-refractivity contribution >= 4 is 44.2 Å². The third-order valence-corrected chi connectivity index (χ3v) is 6.67. The van der Waals surface area contributed by atoms with Crippen molar-refractivity contribution in [1.29, 1.82) is 0 Å². The summed E-state index contributed by atoms with van der Waals surface area (Å²) in [5, 5.41) is 10.2. The maximum Gasteiger partial charge on any atom is 0.345 e. The number of nitrogen functional groups attached to an aromatic ring is 1. The van der Waals surface area contributed by atoms with E-state index in [4.69, 9.17) is 22.1 Å². The van der Waals surface area contributed by atoms with E-state index in [0.29, 0.717) is 11.1 Å². The molecule has 0 spiro atoms. The molecular weight excluding hydrogens is 461 g/mol. The molecule has 1 aromatic heterocycles. The fourth-order valence-electron chi connectivity index (χ4n) is 3.36. The van der Waals surface area contributed by atoms with Crippen LogP contribution in [0.1, 0.15) is 11.1 Å². The summed E-state index contributed by atoms with van der Waals surface area (Å²) in [6.45, 7) is -0.384. The van der Waals surface area contributed by atoms with Gasteiger partial charge >= 0.3 is 10.2 Å². The molecule has 168 valence electrons. The molecule has 1 aliphatic rings. The fourth-order valence-corrected chi connectivity index (χ4v) is 4.75. The number of nitrogens with zero attached hydrogens (tertiary/aromatic N) is 4. The molecule has 0 saturated heterocycles. The summed E-state index contributed by atoms with van der Waals surface area (Å²) >= 11 is 5.73. The lowest BCUT2D eigenvalue weighted by molar-refractivity contribution is -0.0560. The lowest BCUT2D eigenvalue weighted by atomic mass is 10.1. The van der Waals surface area contributed by atoms with E-state index in [1.165, 1.54) is 19.3 Å². The molecule has 3 aromatic rings. The van der Waals surface area contributed by atoms with Gasteiger partial charge in [0.05, 0.1) is 40.3 Å². The Kier molecular flexibility index (Phi) is 5.67. The lowest BCUT2D eigenvalue weighted by Gasteiger charge is -2.30. The molecule has 1 atom stereocenters. The van der Waals surface area contributed by atoms with Crippen molar-refractivity contribution < 1.29 is 22.7 Å². The van der Waals surface area contributed by atoms with E-state index in [-0.39, 0.29) is 34.2 Å². The summed E-state index contributed by atoms with van der Waals surface area (Å²) in [5.41, 5.74) is 8.12. The van der Waals surface area contributed by atoms with Crippen molar-refractivity contribution in [3.63, 3.8) is 0 Å². The number of benzene rings is 2. The molecule has 0 amide bonds. The number of allylic oxidation sites excluding steroid dienone is 1. The highest BCUT2D eigenvalue weighted by atomic mass is 35.5. The van der Waals surface area contributed by atoms with Gasteiger partial charge in [-0.25, -0.2) is 13.7 Å². The second-order valence-corrected chi connectivity index (χ2v) is 9.07. The highest BCUT2D eigenvalue weighted by molar-refractivity contribution is 7.88. The lowest BCUT2D eigenvalue weighted by Crippen LogP contribution is -2.38. The minimum atomic E-state index is -4.33. The molecule has 1 aliphatic heterocycles. The predicted octanol–water partition coefficient (Wildman–Crippen LogP) is 2.35. The van der Waals surface area contributed by atoms with Gasteiger partial charge in [-0.05, 0) is 35.9 Å². The maximum absolute atomic E-state index is 14.0. The average molecular weight is 480 g/mol. The second-order valence-electron chi connectivity index (χ2n) is 7.14. The molecule has 2 heterocycles. The van der Waals surface area contributed by atoms with E-state index in [0.717, 1.165) is 15.9 Å². The van der Waals surface area contributed by atoms with Crippen molar-refractivity contribution in [1.82, 2.24) is 13.9 Å². The molecular formula is C20H19ClFN5O4S. The summed E-state index contributed by atoms with van der Waals surface area (Å²) in [4.78, 5) is 4.27. The molecule has 0 aliphatic carbocycles. The number of aliphatic hydroxyl groups is 1. The molecule has 0 fully saturated rings. The van der Waals surface area contributed by atoms with Crippen LogP contribution < -0.4 is 5.73 Å². The first-order valence-corrected chi connectivity index (χ1v) is 11.1. The number of methoxy groups -OCH3 is 1. The van der Waals surface area contributed by atoms with E-state index in [9.17, 15) is 17.9 Å². The number of hydrogen-bond acceptors (Lipinski definition) is 6. The highest BCUT2D eigenvalue weighted by Crippen LogP contribution is 2.30. The van der Waals surface area contributed by atoms with Crippen molar-refractivity contribution in [3.8, 4) is 0 Å². The normalized spacial score (nSPS) is 16.7. The minimum Gasteiger partial charge on any atom is -0.398 e. The Hall–Kier alpha value is -2.99. The number of aromatic nitrogens is 2. The van der Waals surface area contributed by atoms with Gasteiger partial charge in [0.1, 0.15) is 5.82 Å². The first kappa shape index (κ1) is 22.2. The Morgan fingerprint density at radius 3 is 2.78 bits per heavy atom. The summed E-state index contributed by atoms with van der Waals surface area (Å²) in [6.07, 6.45) is 1.44. The topological polar surface area (TPSA) is 123 Å². The maximum atomic E-state index is 14.0. The van der Waals surface area contributed by atoms with Crippen LogP contribution in [0.15, 0.2) is 52.8 Å². The Balaban J connectivity index is 1.79. The molecule has 4 rings (SSSR count). The Morgan fingerprint density at radius 2 is 2.06 bits per heavy atom. The molecule has 12 heteroatoms. The van der Waals surface area contributed by atoms with Crippen LogP contribution in [0.2, 0.25) is 5.02 Å². The second kappa shape index (κ2) is 8.17. The predicted molar refractivity (Wildman–Crippen MR) is 119 cm³/mol. The van der Waals surface area contributed by atoms with E-state index in [2.05, 4.69) is 9.38 Å². The number of hydrogen-bond donors (Lipinski definition) is 2. The van der Waals surface area contributed by atoms with Gasteiger partial charge in [-0.15, -0.1) is 4.40 Å². The number of aryl methyl sites for hydroxylation is 1. The van der Waals surface area contributed by atoms with Crippen LogP contribution in [0.4, 0.5) is 10.1 Å². The van der Waals surface area contributed by atoms with Crippen LogP contribution in [0.3, 0.4) is 0 Å². The van der Waals surface area contributed by atoms with Gasteiger partial charge in [-0.1, -0.05) is 17.7 Å². The van der Waals surface area contributed by atoms with Gasteiger partial charge < -0.3 is 20.1 Å². The standard InChI is InChI=1S/C20H19ClFN5O4S/c1-26-10-24-17-6-11(3-4-18(17)26)16-8-19(20(28)31-2)27(32(29,30)25-16)9-12-5-14(22)13(21)7-15(12)23/h3-8,10,20,28H,9,23H2,1-2H3. The Labute approximate surface area is 188 Å². The molecule has 0 saturated carbocycles. The van der Waals surface area contributed by atoms with Gasteiger partial charge in [-0.2, -0.15) is 8.42 Å². The zero-order chi connectivity index (χ0) is 23.2. The highest BCUT2D eigenvalue weighted by Gasteiger charge is 2.34. The van der Waals surface area contributed by atoms with Gasteiger partial charge in [0.2, 0.25) is 0 Å². The van der Waals surface area contributed by atoms with Crippen molar-refractivity contribution in [3.05, 3.63) is 70.4 Å². The molecule has 0 bridgehead atoms. The van der Waals surface area contributed by atoms with Crippen LogP contribution in [-0.2, 0) is 28.5 Å². The summed E-state index contributed by atoms with van der Waals surface area (Å²) < 4.78 is 51.6. The van der Waals surface area contributed by atoms with Crippen LogP contribution in [0.5, 0.6) is 0 Å². The van der Waals surface area contributed by atoms with Gasteiger partial charge in [0.15, 0.2) is 6.29 Å². The van der Waals surface area contributed by atoms with Crippen molar-refractivity contribution in [2.75, 3.05) is 12.8 Å². The van der Waals surface area contributed by atoms with Gasteiger partial charge in [-0.3, -0.25) is 0 Å². The molecule has 3 N–H and O–H groups in total. The number of imidazole rings is 1. The van der Waals surface area contributed by atoms with E-state index < -0.39 is 22.3 Å². The summed E-state index contributed by atoms with van der Waals surface area (Å²) in [6, 6.07) is 7.41. The van der Waals surface area contributed by atoms with E-state index >= 15 is 0 Å². The van der Waals surface area contributed by atoms with Crippen molar-refractivity contribution in [2.24, 2.45) is 11.4 Å². The third kappa shape index (κ3) is 3.95. The van der Waals surface area contributed by atoms with E-state index in [1.54, 1.807) is 24.5 Å². The fraction of sp³-hybridized carbons (Fsp3) is 0.200. The van der Waals surface area contributed by atoms with Crippen LogP contribution in [0.25, 0.3) is 11.0 Å². The van der Waals surface area contributed by atoms with E-state index in [1.807, 2.05) is 11.6 Å². The van der Waals surface area contributed by atoms with Gasteiger partial charge in [0.25, 0.3) is 0 Å². The summed E-state index contributed by atoms with van der Waals surface area (Å²) in [5.74, 6) is -0.754. The number of anilines is 1.